The fraction of sp³-hybridized carbons (Fsp3) is 0.389. The van der Waals surface area contributed by atoms with Crippen LogP contribution in [0.1, 0.15) is 16.2 Å². The molecule has 1 aromatic carbocycles. The van der Waals surface area contributed by atoms with Crippen LogP contribution in [0.4, 0.5) is 11.6 Å². The number of hydrogen-bond donors (Lipinski definition) is 2. The molecule has 1 aromatic heterocycles. The fourth-order valence-electron chi connectivity index (χ4n) is 2.40. The minimum atomic E-state index is -0.226. The molecule has 0 bridgehead atoms. The number of carbonyl (C=O) groups excluding carboxylic acids is 1. The van der Waals surface area contributed by atoms with Crippen LogP contribution in [0.5, 0.6) is 11.5 Å². The summed E-state index contributed by atoms with van der Waals surface area (Å²) in [7, 11) is 6.89. The number of hydrogen-bond acceptors (Lipinski definition) is 7. The maximum Gasteiger partial charge on any atom is 0.255 e. The normalized spacial score (nSPS) is 10.2. The lowest BCUT2D eigenvalue weighted by Gasteiger charge is -2.14. The van der Waals surface area contributed by atoms with Crippen molar-refractivity contribution in [3.8, 4) is 11.5 Å². The van der Waals surface area contributed by atoms with Gasteiger partial charge in [-0.25, -0.2) is 9.97 Å². The number of para-hydroxylation sites is 1. The molecule has 0 fully saturated rings. The van der Waals surface area contributed by atoms with Gasteiger partial charge in [-0.2, -0.15) is 0 Å². The summed E-state index contributed by atoms with van der Waals surface area (Å²) in [5, 5.41) is 6.05. The van der Waals surface area contributed by atoms with Gasteiger partial charge in [0.15, 0.2) is 11.5 Å². The van der Waals surface area contributed by atoms with E-state index < -0.39 is 0 Å². The van der Waals surface area contributed by atoms with E-state index in [1.807, 2.05) is 32.0 Å². The Bertz CT molecular complexity index is 764. The molecule has 8 nitrogen and oxygen atoms in total. The van der Waals surface area contributed by atoms with Crippen LogP contribution in [0, 0.1) is 6.92 Å². The monoisotopic (exact) mass is 359 g/mol. The largest absolute Gasteiger partial charge is 0.493 e. The molecule has 0 aliphatic rings. The van der Waals surface area contributed by atoms with Gasteiger partial charge < -0.3 is 25.0 Å². The zero-order chi connectivity index (χ0) is 19.1. The van der Waals surface area contributed by atoms with Gasteiger partial charge >= 0.3 is 0 Å². The highest BCUT2D eigenvalue weighted by molar-refractivity contribution is 5.97. The van der Waals surface area contributed by atoms with E-state index in [2.05, 4.69) is 20.6 Å². The molecule has 2 N–H and O–H groups in total. The van der Waals surface area contributed by atoms with Gasteiger partial charge in [0.05, 0.1) is 19.8 Å². The number of benzene rings is 1. The Hall–Kier alpha value is -3.03. The first-order valence-electron chi connectivity index (χ1n) is 8.22. The second-order valence-corrected chi connectivity index (χ2v) is 5.78. The smallest absolute Gasteiger partial charge is 0.255 e. The molecule has 2 rings (SSSR count). The summed E-state index contributed by atoms with van der Waals surface area (Å²) in [5.41, 5.74) is 0.430. The summed E-state index contributed by atoms with van der Waals surface area (Å²) in [4.78, 5) is 23.0. The molecule has 26 heavy (non-hydrogen) atoms. The third-order valence-electron chi connectivity index (χ3n) is 3.65. The highest BCUT2D eigenvalue weighted by Gasteiger charge is 2.15. The zero-order valence-corrected chi connectivity index (χ0v) is 15.8. The van der Waals surface area contributed by atoms with Gasteiger partial charge in [0, 0.05) is 33.3 Å². The summed E-state index contributed by atoms with van der Waals surface area (Å²) >= 11 is 0. The fourth-order valence-corrected chi connectivity index (χ4v) is 2.40. The molecule has 8 heteroatoms. The van der Waals surface area contributed by atoms with Crippen LogP contribution < -0.4 is 25.0 Å². The number of amides is 1. The molecule has 140 valence electrons. The van der Waals surface area contributed by atoms with Crippen LogP contribution in [-0.2, 0) is 0 Å². The molecule has 0 saturated heterocycles. The number of aromatic nitrogens is 2. The molecule has 1 heterocycles. The van der Waals surface area contributed by atoms with Crippen molar-refractivity contribution >= 4 is 17.5 Å². The number of nitrogens with one attached hydrogen (secondary N) is 2. The molecule has 1 amide bonds. The predicted octanol–water partition coefficient (Wildman–Crippen LogP) is 1.71. The van der Waals surface area contributed by atoms with Crippen molar-refractivity contribution in [2.75, 3.05) is 51.6 Å². The minimum absolute atomic E-state index is 0.226. The van der Waals surface area contributed by atoms with E-state index in [-0.39, 0.29) is 5.91 Å². The zero-order valence-electron chi connectivity index (χ0n) is 15.8. The van der Waals surface area contributed by atoms with Crippen LogP contribution >= 0.6 is 0 Å². The van der Waals surface area contributed by atoms with Crippen molar-refractivity contribution in [3.05, 3.63) is 35.7 Å². The second kappa shape index (κ2) is 8.89. The van der Waals surface area contributed by atoms with Crippen molar-refractivity contribution < 1.29 is 14.3 Å². The molecule has 0 atom stereocenters. The van der Waals surface area contributed by atoms with E-state index in [4.69, 9.17) is 9.47 Å². The number of anilines is 2. The van der Waals surface area contributed by atoms with Gasteiger partial charge in [-0.3, -0.25) is 4.79 Å². The Morgan fingerprint density at radius 3 is 2.58 bits per heavy atom. The SMILES string of the molecule is COc1cccc(C(=O)NCCNc2cc(N(C)C)nc(C)n2)c1OC. The third-order valence-corrected chi connectivity index (χ3v) is 3.65. The lowest BCUT2D eigenvalue weighted by molar-refractivity contribution is 0.0951. The Morgan fingerprint density at radius 2 is 1.92 bits per heavy atom. The van der Waals surface area contributed by atoms with Crippen LogP contribution in [0.3, 0.4) is 0 Å². The second-order valence-electron chi connectivity index (χ2n) is 5.78. The van der Waals surface area contributed by atoms with E-state index in [0.717, 1.165) is 11.6 Å². The predicted molar refractivity (Wildman–Crippen MR) is 101 cm³/mol. The van der Waals surface area contributed by atoms with Crippen molar-refractivity contribution in [2.24, 2.45) is 0 Å². The number of nitrogens with zero attached hydrogens (tertiary/aromatic N) is 3. The lowest BCUT2D eigenvalue weighted by atomic mass is 10.1. The standard InChI is InChI=1S/C18H25N5O3/c1-12-21-15(11-16(22-12)23(2)3)19-9-10-20-18(24)13-7-6-8-14(25-4)17(13)26-5/h6-8,11H,9-10H2,1-5H3,(H,20,24)(H,19,21,22). The number of rotatable bonds is 8. The minimum Gasteiger partial charge on any atom is -0.493 e. The van der Waals surface area contributed by atoms with Crippen molar-refractivity contribution in [1.29, 1.82) is 0 Å². The third kappa shape index (κ3) is 4.75. The van der Waals surface area contributed by atoms with E-state index in [9.17, 15) is 4.79 Å². The molecular formula is C18H25N5O3. The Kier molecular flexibility index (Phi) is 6.60. The maximum absolute atomic E-state index is 12.4. The first-order chi connectivity index (χ1) is 12.5. The van der Waals surface area contributed by atoms with Gasteiger partial charge in [-0.05, 0) is 19.1 Å². The van der Waals surface area contributed by atoms with Crippen LogP contribution in [0.15, 0.2) is 24.3 Å². The van der Waals surface area contributed by atoms with Gasteiger partial charge in [0.1, 0.15) is 17.5 Å². The number of methoxy groups -OCH3 is 2. The first kappa shape index (κ1) is 19.3. The quantitative estimate of drug-likeness (QED) is 0.694. The van der Waals surface area contributed by atoms with E-state index in [0.29, 0.717) is 36.0 Å². The Morgan fingerprint density at radius 1 is 1.15 bits per heavy atom. The Labute approximate surface area is 153 Å². The van der Waals surface area contributed by atoms with Crippen molar-refractivity contribution in [2.45, 2.75) is 6.92 Å². The first-order valence-corrected chi connectivity index (χ1v) is 8.22. The summed E-state index contributed by atoms with van der Waals surface area (Å²) in [5.74, 6) is 2.94. The summed E-state index contributed by atoms with van der Waals surface area (Å²) in [6, 6.07) is 7.05. The highest BCUT2D eigenvalue weighted by Crippen LogP contribution is 2.30. The van der Waals surface area contributed by atoms with E-state index >= 15 is 0 Å². The molecule has 0 aliphatic carbocycles. The summed E-state index contributed by atoms with van der Waals surface area (Å²) in [6.07, 6.45) is 0. The lowest BCUT2D eigenvalue weighted by Crippen LogP contribution is -2.29. The number of aryl methyl sites for hydroxylation is 1. The average Bonchev–Trinajstić information content (AvgIpc) is 2.63. The number of carbonyl (C=O) groups is 1. The molecule has 2 aromatic rings. The van der Waals surface area contributed by atoms with Gasteiger partial charge in [-0.1, -0.05) is 6.07 Å². The van der Waals surface area contributed by atoms with Gasteiger partial charge in [-0.15, -0.1) is 0 Å². The van der Waals surface area contributed by atoms with Crippen molar-refractivity contribution in [3.63, 3.8) is 0 Å². The molecule has 0 radical (unpaired) electrons. The molecule has 0 unspecified atom stereocenters. The van der Waals surface area contributed by atoms with Crippen LogP contribution in [0.2, 0.25) is 0 Å². The van der Waals surface area contributed by atoms with Gasteiger partial charge in [0.2, 0.25) is 0 Å². The summed E-state index contributed by atoms with van der Waals surface area (Å²) < 4.78 is 10.5. The van der Waals surface area contributed by atoms with Crippen LogP contribution in [0.25, 0.3) is 0 Å². The highest BCUT2D eigenvalue weighted by atomic mass is 16.5. The maximum atomic E-state index is 12.4. The van der Waals surface area contributed by atoms with E-state index in [1.54, 1.807) is 18.2 Å². The Balaban J connectivity index is 1.94. The summed E-state index contributed by atoms with van der Waals surface area (Å²) in [6.45, 7) is 2.80. The average molecular weight is 359 g/mol. The number of ether oxygens (including phenoxy) is 2. The van der Waals surface area contributed by atoms with Crippen LogP contribution in [-0.4, -0.2) is 57.3 Å². The molecule has 0 spiro atoms. The molecular weight excluding hydrogens is 334 g/mol. The molecule has 0 saturated carbocycles. The molecule has 0 aliphatic heterocycles. The van der Waals surface area contributed by atoms with Gasteiger partial charge in [0.25, 0.3) is 5.91 Å². The van der Waals surface area contributed by atoms with Crippen molar-refractivity contribution in [1.82, 2.24) is 15.3 Å². The van der Waals surface area contributed by atoms with E-state index in [1.165, 1.54) is 14.2 Å². The topological polar surface area (TPSA) is 88.6 Å².